The first kappa shape index (κ1) is 27.6. The maximum absolute atomic E-state index is 12.4. The molecule has 9 nitrogen and oxygen atoms in total. The van der Waals surface area contributed by atoms with E-state index in [0.717, 1.165) is 15.6 Å². The Morgan fingerprint density at radius 2 is 1.73 bits per heavy atom. The fourth-order valence-electron chi connectivity index (χ4n) is 3.17. The molecule has 0 atom stereocenters. The number of nitrogens with two attached hydrogens (primary N) is 1. The number of carbonyl (C=O) groups is 2. The van der Waals surface area contributed by atoms with E-state index < -0.39 is 21.9 Å². The number of hydrogen-bond acceptors (Lipinski definition) is 8. The Kier molecular flexibility index (Phi) is 9.33. The summed E-state index contributed by atoms with van der Waals surface area (Å²) in [5.41, 5.74) is 7.36. The van der Waals surface area contributed by atoms with Gasteiger partial charge >= 0.3 is 29.6 Å². The molecule has 1 aromatic carbocycles. The first-order valence-electron chi connectivity index (χ1n) is 9.48. The number of benzene rings is 1. The molecule has 1 aromatic rings. The van der Waals surface area contributed by atoms with Crippen LogP contribution in [0.4, 0.5) is 11.4 Å². The van der Waals surface area contributed by atoms with Crippen LogP contribution < -0.4 is 10.6 Å². The number of amides is 2. The molecule has 1 saturated heterocycles. The van der Waals surface area contributed by atoms with Crippen molar-refractivity contribution in [3.8, 4) is 0 Å². The molecular formula is C20H23N4NaO5S3. The van der Waals surface area contributed by atoms with E-state index in [4.69, 9.17) is 22.5 Å². The Morgan fingerprint density at radius 3 is 2.33 bits per heavy atom. The summed E-state index contributed by atoms with van der Waals surface area (Å²) in [6.45, 7) is 0.370. The molecule has 0 saturated carbocycles. The zero-order valence-corrected chi connectivity index (χ0v) is 19.8. The number of rotatable bonds is 6. The summed E-state index contributed by atoms with van der Waals surface area (Å²) >= 11 is 6.53. The number of nitrogens with zero attached hydrogens (tertiary/aromatic N) is 3. The number of allylic oxidation sites excluding steroid dienone is 4. The van der Waals surface area contributed by atoms with Crippen molar-refractivity contribution in [2.24, 2.45) is 0 Å². The van der Waals surface area contributed by atoms with Gasteiger partial charge in [0.25, 0.3) is 21.9 Å². The topological polar surface area (TPSA) is 124 Å². The molecule has 0 unspecified atom stereocenters. The maximum atomic E-state index is 12.4. The molecule has 3 N–H and O–H groups in total. The summed E-state index contributed by atoms with van der Waals surface area (Å²) in [4.78, 5) is 30.0. The predicted octanol–water partition coefficient (Wildman–Crippen LogP) is 1.35. The fraction of sp³-hybridized carbons (Fsp3) is 0.250. The summed E-state index contributed by atoms with van der Waals surface area (Å²) in [6.07, 6.45) is 6.73. The predicted molar refractivity (Wildman–Crippen MR) is 136 cm³/mol. The molecule has 0 aliphatic carbocycles. The van der Waals surface area contributed by atoms with Crippen LogP contribution in [0.5, 0.6) is 0 Å². The van der Waals surface area contributed by atoms with Crippen molar-refractivity contribution in [3.63, 3.8) is 0 Å². The number of likely N-dealkylation sites (N-methyl/N-ethyl adjacent to an activating group) is 2. The molecule has 3 rings (SSSR count). The van der Waals surface area contributed by atoms with Gasteiger partial charge in [-0.15, -0.1) is 0 Å². The van der Waals surface area contributed by atoms with E-state index in [-0.39, 0.29) is 52.4 Å². The van der Waals surface area contributed by atoms with Crippen LogP contribution in [0.1, 0.15) is 6.42 Å². The van der Waals surface area contributed by atoms with E-state index in [2.05, 4.69) is 0 Å². The van der Waals surface area contributed by atoms with Gasteiger partial charge in [0.15, 0.2) is 5.11 Å². The van der Waals surface area contributed by atoms with Crippen LogP contribution in [0.3, 0.4) is 0 Å². The Morgan fingerprint density at radius 1 is 1.12 bits per heavy atom. The van der Waals surface area contributed by atoms with Gasteiger partial charge in [0.1, 0.15) is 5.57 Å². The summed E-state index contributed by atoms with van der Waals surface area (Å²) in [5, 5.41) is 0.954. The molecule has 2 heterocycles. The Hall–Kier alpha value is -1.67. The van der Waals surface area contributed by atoms with Gasteiger partial charge in [-0.25, -0.2) is 0 Å². The molecule has 2 aliphatic heterocycles. The number of anilines is 2. The van der Waals surface area contributed by atoms with E-state index in [1.54, 1.807) is 24.3 Å². The Labute approximate surface area is 224 Å². The molecule has 0 aromatic heterocycles. The number of thiocarbonyl (C=S) groups is 1. The van der Waals surface area contributed by atoms with Crippen molar-refractivity contribution in [1.82, 2.24) is 9.80 Å². The molecule has 2 aliphatic rings. The van der Waals surface area contributed by atoms with Gasteiger partial charge in [-0.1, -0.05) is 23.9 Å². The SMILES string of the molecule is CN1C(=O)C(=CC=CC=C2Sc3cc(N)ccc3N2CCCS(=O)(=O)O)C(=O)N(C)C1=S.[NaH]. The summed E-state index contributed by atoms with van der Waals surface area (Å²) < 4.78 is 31.2. The molecule has 172 valence electrons. The van der Waals surface area contributed by atoms with Crippen LogP contribution in [0.2, 0.25) is 0 Å². The molecule has 13 heteroatoms. The third-order valence-electron chi connectivity index (χ3n) is 4.80. The first-order chi connectivity index (χ1) is 15.0. The van der Waals surface area contributed by atoms with Gasteiger partial charge in [0, 0.05) is 31.2 Å². The normalized spacial score (nSPS) is 17.8. The van der Waals surface area contributed by atoms with Crippen LogP contribution in [-0.2, 0) is 19.7 Å². The standard InChI is InChI=1S/C20H22N4O5S3.Na.H/c1-22-18(25)14(19(26)23(2)20(22)30)6-3-4-7-17-24(10-5-11-32(27,28)29)15-9-8-13(21)12-16(15)31-17;;/h3-4,6-9,12H,5,10-11,21H2,1-2H3,(H,27,28,29);;. The second kappa shape index (κ2) is 11.2. The van der Waals surface area contributed by atoms with E-state index in [1.807, 2.05) is 17.0 Å². The van der Waals surface area contributed by atoms with Crippen LogP contribution in [0, 0.1) is 0 Å². The molecule has 1 fully saturated rings. The third-order valence-corrected chi connectivity index (χ3v) is 7.26. The number of carbonyl (C=O) groups excluding carboxylic acids is 2. The number of fused-ring (bicyclic) bond motifs is 1. The third kappa shape index (κ3) is 6.47. The van der Waals surface area contributed by atoms with Gasteiger partial charge < -0.3 is 10.6 Å². The Bertz CT molecular complexity index is 1150. The molecule has 0 radical (unpaired) electrons. The fourth-order valence-corrected chi connectivity index (χ4v) is 4.97. The molecule has 0 spiro atoms. The second-order valence-electron chi connectivity index (χ2n) is 7.10. The molecule has 0 bridgehead atoms. The zero-order valence-electron chi connectivity index (χ0n) is 17.4. The van der Waals surface area contributed by atoms with Crippen molar-refractivity contribution in [2.75, 3.05) is 37.0 Å². The first-order valence-corrected chi connectivity index (χ1v) is 12.3. The van der Waals surface area contributed by atoms with Crippen molar-refractivity contribution >= 4 is 92.0 Å². The molecular weight excluding hydrogens is 495 g/mol. The minimum absolute atomic E-state index is 0. The van der Waals surface area contributed by atoms with Crippen molar-refractivity contribution in [1.29, 1.82) is 0 Å². The molecule has 2 amide bonds. The van der Waals surface area contributed by atoms with E-state index in [9.17, 15) is 18.0 Å². The van der Waals surface area contributed by atoms with Crippen LogP contribution in [0.25, 0.3) is 0 Å². The monoisotopic (exact) mass is 518 g/mol. The number of hydrogen-bond donors (Lipinski definition) is 2. The van der Waals surface area contributed by atoms with E-state index >= 15 is 0 Å². The molecule has 33 heavy (non-hydrogen) atoms. The summed E-state index contributed by atoms with van der Waals surface area (Å²) in [7, 11) is -1.03. The Balaban J connectivity index is 0.00000385. The van der Waals surface area contributed by atoms with Gasteiger partial charge in [-0.05, 0) is 49.0 Å². The van der Waals surface area contributed by atoms with Crippen molar-refractivity contribution in [3.05, 3.63) is 53.1 Å². The van der Waals surface area contributed by atoms with Crippen molar-refractivity contribution < 1.29 is 22.6 Å². The summed E-state index contributed by atoms with van der Waals surface area (Å²) in [6, 6.07) is 5.44. The van der Waals surface area contributed by atoms with Crippen molar-refractivity contribution in [2.45, 2.75) is 11.3 Å². The number of thioether (sulfide) groups is 1. The van der Waals surface area contributed by atoms with Gasteiger partial charge in [0.2, 0.25) is 0 Å². The summed E-state index contributed by atoms with van der Waals surface area (Å²) in [5.74, 6) is -1.29. The van der Waals surface area contributed by atoms with Gasteiger partial charge in [-0.2, -0.15) is 8.42 Å². The van der Waals surface area contributed by atoms with E-state index in [1.165, 1.54) is 41.7 Å². The minimum atomic E-state index is -4.05. The number of nitrogen functional groups attached to an aromatic ring is 1. The van der Waals surface area contributed by atoms with Gasteiger partial charge in [-0.3, -0.25) is 23.9 Å². The second-order valence-corrected chi connectivity index (χ2v) is 10.1. The van der Waals surface area contributed by atoms with Crippen LogP contribution >= 0.6 is 24.0 Å². The van der Waals surface area contributed by atoms with Gasteiger partial charge in [0.05, 0.1) is 16.5 Å². The average molecular weight is 519 g/mol. The zero-order chi connectivity index (χ0) is 23.6. The average Bonchev–Trinajstić information content (AvgIpc) is 3.05. The van der Waals surface area contributed by atoms with Crippen LogP contribution in [-0.4, -0.2) is 95.6 Å². The quantitative estimate of drug-likeness (QED) is 0.143. The van der Waals surface area contributed by atoms with Crippen LogP contribution in [0.15, 0.2) is 58.0 Å². The van der Waals surface area contributed by atoms with E-state index in [0.29, 0.717) is 12.2 Å².